The molecule has 0 spiro atoms. The highest BCUT2D eigenvalue weighted by molar-refractivity contribution is 5.77. The lowest BCUT2D eigenvalue weighted by molar-refractivity contribution is -0.106. The number of aldehydes is 1. The smallest absolute Gasteiger partial charge is 0.160 e. The molecule has 3 aromatic heterocycles. The Hall–Kier alpha value is -2.80. The number of carbonyl (C=O) groups excluding carboxylic acids is 1. The maximum absolute atomic E-state index is 8.81. The Bertz CT molecular complexity index is 985. The number of nitrogens with two attached hydrogens (primary N) is 1. The zero-order valence-electron chi connectivity index (χ0n) is 15.8. The maximum Gasteiger partial charge on any atom is 0.160 e. The quantitative estimate of drug-likeness (QED) is 0.702. The Morgan fingerprint density at radius 2 is 1.89 bits per heavy atom. The molecule has 2 fully saturated rings. The van der Waals surface area contributed by atoms with Gasteiger partial charge in [-0.2, -0.15) is 0 Å². The zero-order chi connectivity index (χ0) is 19.1. The van der Waals surface area contributed by atoms with Crippen LogP contribution in [-0.2, 0) is 4.79 Å². The summed E-state index contributed by atoms with van der Waals surface area (Å²) < 4.78 is 2.35. The van der Waals surface area contributed by atoms with Crippen molar-refractivity contribution >= 4 is 23.3 Å². The van der Waals surface area contributed by atoms with Gasteiger partial charge in [0.2, 0.25) is 0 Å². The van der Waals surface area contributed by atoms with Crippen molar-refractivity contribution in [1.82, 2.24) is 24.4 Å². The number of pyridine rings is 2. The lowest BCUT2D eigenvalue weighted by Crippen LogP contribution is -2.20. The molecule has 2 atom stereocenters. The van der Waals surface area contributed by atoms with Crippen molar-refractivity contribution in [2.75, 3.05) is 25.9 Å². The van der Waals surface area contributed by atoms with E-state index in [9.17, 15) is 0 Å². The Kier molecular flexibility index (Phi) is 4.39. The van der Waals surface area contributed by atoms with Crippen molar-refractivity contribution in [2.24, 2.45) is 11.8 Å². The molecule has 2 aliphatic rings. The number of imidazole rings is 1. The third-order valence-corrected chi connectivity index (χ3v) is 5.42. The predicted molar refractivity (Wildman–Crippen MR) is 105 cm³/mol. The molecule has 7 heteroatoms. The average molecular weight is 364 g/mol. The van der Waals surface area contributed by atoms with Gasteiger partial charge in [0.1, 0.15) is 23.4 Å². The summed E-state index contributed by atoms with van der Waals surface area (Å²) in [7, 11) is 2.20. The van der Waals surface area contributed by atoms with Crippen molar-refractivity contribution in [3.8, 4) is 11.3 Å². The van der Waals surface area contributed by atoms with E-state index in [4.69, 9.17) is 20.5 Å². The summed E-state index contributed by atoms with van der Waals surface area (Å²) in [5.41, 5.74) is 9.68. The fourth-order valence-electron chi connectivity index (χ4n) is 4.30. The first-order valence-corrected chi connectivity index (χ1v) is 9.19. The topological polar surface area (TPSA) is 89.9 Å². The molecule has 0 radical (unpaired) electrons. The van der Waals surface area contributed by atoms with Gasteiger partial charge in [0, 0.05) is 30.9 Å². The van der Waals surface area contributed by atoms with Crippen LogP contribution in [0.15, 0.2) is 30.5 Å². The van der Waals surface area contributed by atoms with Crippen LogP contribution in [0.25, 0.3) is 22.4 Å². The Morgan fingerprint density at radius 3 is 2.56 bits per heavy atom. The van der Waals surface area contributed by atoms with Crippen LogP contribution in [0.3, 0.4) is 0 Å². The minimum Gasteiger partial charge on any atom is -0.384 e. The van der Waals surface area contributed by atoms with Gasteiger partial charge < -0.3 is 20.0 Å². The van der Waals surface area contributed by atoms with Gasteiger partial charge in [-0.15, -0.1) is 0 Å². The van der Waals surface area contributed by atoms with Crippen molar-refractivity contribution in [3.63, 3.8) is 0 Å². The minimum atomic E-state index is 0.513. The van der Waals surface area contributed by atoms with E-state index in [1.807, 2.05) is 18.2 Å². The standard InChI is InChI=1S/C18H20N6.C2H4O/c1-10-21-15-4-3-14(11-5-6-20-16(19)7-11)22-18(15)24(10)17-12-8-23(2)9-13(12)17;1-2-3/h3-7,12-13,17H,8-9H2,1-2H3,(H2,19,20);2H,1H3. The second kappa shape index (κ2) is 6.74. The molecule has 1 saturated carbocycles. The highest BCUT2D eigenvalue weighted by Gasteiger charge is 2.56. The summed E-state index contributed by atoms with van der Waals surface area (Å²) in [6.45, 7) is 5.88. The SMILES string of the molecule is CC=O.Cc1nc2ccc(-c3ccnc(N)c3)nc2n1C1C2CN(C)CC21. The molecule has 5 rings (SSSR count). The number of likely N-dealkylation sites (tertiary alicyclic amines) is 1. The molecule has 1 saturated heterocycles. The van der Waals surface area contributed by atoms with Gasteiger partial charge in [0.05, 0.1) is 5.69 Å². The van der Waals surface area contributed by atoms with Gasteiger partial charge in [-0.05, 0) is 57.0 Å². The summed E-state index contributed by atoms with van der Waals surface area (Å²) in [5.74, 6) is 3.06. The van der Waals surface area contributed by atoms with E-state index in [-0.39, 0.29) is 0 Å². The summed E-state index contributed by atoms with van der Waals surface area (Å²) in [4.78, 5) is 24.9. The third kappa shape index (κ3) is 3.08. The van der Waals surface area contributed by atoms with Gasteiger partial charge in [0.25, 0.3) is 0 Å². The first kappa shape index (κ1) is 17.6. The highest BCUT2D eigenvalue weighted by atomic mass is 16.1. The number of nitrogens with zero attached hydrogens (tertiary/aromatic N) is 5. The minimum absolute atomic E-state index is 0.513. The number of aryl methyl sites for hydroxylation is 1. The fraction of sp³-hybridized carbons (Fsp3) is 0.400. The Labute approximate surface area is 158 Å². The van der Waals surface area contributed by atoms with Crippen molar-refractivity contribution in [2.45, 2.75) is 19.9 Å². The maximum atomic E-state index is 8.81. The number of carbonyl (C=O) groups is 1. The van der Waals surface area contributed by atoms with Gasteiger partial charge in [-0.1, -0.05) is 0 Å². The second-order valence-corrected chi connectivity index (χ2v) is 7.31. The first-order chi connectivity index (χ1) is 13.0. The van der Waals surface area contributed by atoms with Gasteiger partial charge in [-0.25, -0.2) is 15.0 Å². The predicted octanol–water partition coefficient (Wildman–Crippen LogP) is 2.32. The van der Waals surface area contributed by atoms with Crippen LogP contribution < -0.4 is 5.73 Å². The first-order valence-electron chi connectivity index (χ1n) is 9.19. The molecule has 3 aromatic rings. The summed E-state index contributed by atoms with van der Waals surface area (Å²) >= 11 is 0. The van der Waals surface area contributed by atoms with Crippen LogP contribution in [0, 0.1) is 18.8 Å². The Balaban J connectivity index is 0.000000565. The number of aromatic nitrogens is 4. The van der Waals surface area contributed by atoms with Crippen LogP contribution >= 0.6 is 0 Å². The molecule has 0 amide bonds. The van der Waals surface area contributed by atoms with Gasteiger partial charge in [-0.3, -0.25) is 0 Å². The van der Waals surface area contributed by atoms with Crippen LogP contribution in [0.5, 0.6) is 0 Å². The van der Waals surface area contributed by atoms with E-state index in [1.165, 1.54) is 20.0 Å². The summed E-state index contributed by atoms with van der Waals surface area (Å²) in [6.07, 6.45) is 2.47. The Morgan fingerprint density at radius 1 is 1.19 bits per heavy atom. The largest absolute Gasteiger partial charge is 0.384 e. The number of hydrogen-bond acceptors (Lipinski definition) is 6. The molecule has 1 aliphatic carbocycles. The monoisotopic (exact) mass is 364 g/mol. The third-order valence-electron chi connectivity index (χ3n) is 5.42. The molecular formula is C20H24N6O. The molecule has 27 heavy (non-hydrogen) atoms. The van der Waals surface area contributed by atoms with Crippen molar-refractivity contribution < 1.29 is 4.79 Å². The number of nitrogen functional groups attached to an aromatic ring is 1. The molecule has 7 nitrogen and oxygen atoms in total. The van der Waals surface area contributed by atoms with Crippen molar-refractivity contribution in [1.29, 1.82) is 0 Å². The lowest BCUT2D eigenvalue weighted by atomic mass is 10.1. The summed E-state index contributed by atoms with van der Waals surface area (Å²) in [6, 6.07) is 8.43. The van der Waals surface area contributed by atoms with E-state index in [0.29, 0.717) is 11.9 Å². The number of hydrogen-bond donors (Lipinski definition) is 1. The highest BCUT2D eigenvalue weighted by Crippen LogP contribution is 2.56. The molecule has 4 heterocycles. The van der Waals surface area contributed by atoms with E-state index in [2.05, 4.69) is 34.5 Å². The van der Waals surface area contributed by atoms with Crippen molar-refractivity contribution in [3.05, 3.63) is 36.3 Å². The lowest BCUT2D eigenvalue weighted by Gasteiger charge is -2.15. The molecule has 2 N–H and O–H groups in total. The van der Waals surface area contributed by atoms with Crippen LogP contribution in [0.2, 0.25) is 0 Å². The number of fused-ring (bicyclic) bond motifs is 2. The number of piperidine rings is 1. The molecule has 0 bridgehead atoms. The van der Waals surface area contributed by atoms with E-state index < -0.39 is 0 Å². The average Bonchev–Trinajstić information content (AvgIpc) is 2.98. The molecule has 1 aliphatic heterocycles. The van der Waals surface area contributed by atoms with E-state index in [1.54, 1.807) is 6.20 Å². The molecule has 140 valence electrons. The fourth-order valence-corrected chi connectivity index (χ4v) is 4.30. The van der Waals surface area contributed by atoms with E-state index in [0.717, 1.165) is 46.4 Å². The van der Waals surface area contributed by atoms with E-state index >= 15 is 0 Å². The zero-order valence-corrected chi connectivity index (χ0v) is 15.8. The summed E-state index contributed by atoms with van der Waals surface area (Å²) in [5, 5.41) is 0. The van der Waals surface area contributed by atoms with Crippen LogP contribution in [-0.4, -0.2) is 50.8 Å². The normalized spacial score (nSPS) is 23.6. The van der Waals surface area contributed by atoms with Crippen LogP contribution in [0.4, 0.5) is 5.82 Å². The van der Waals surface area contributed by atoms with Gasteiger partial charge >= 0.3 is 0 Å². The number of rotatable bonds is 2. The van der Waals surface area contributed by atoms with Gasteiger partial charge in [0.15, 0.2) is 5.65 Å². The molecular weight excluding hydrogens is 340 g/mol. The molecule has 2 unspecified atom stereocenters. The van der Waals surface area contributed by atoms with Crippen LogP contribution in [0.1, 0.15) is 18.8 Å². The second-order valence-electron chi connectivity index (χ2n) is 7.31. The number of anilines is 1. The molecule has 0 aromatic carbocycles.